The molecule has 1 aliphatic rings. The Morgan fingerprint density at radius 3 is 2.56 bits per heavy atom. The first-order valence-electron chi connectivity index (χ1n) is 10.9. The zero-order chi connectivity index (χ0) is 24.5. The number of carbonyl (C=O) groups is 1. The Morgan fingerprint density at radius 2 is 1.88 bits per heavy atom. The minimum absolute atomic E-state index is 0.0121. The molecule has 1 amide bonds. The van der Waals surface area contributed by atoms with Gasteiger partial charge in [-0.1, -0.05) is 12.1 Å². The second-order valence-electron chi connectivity index (χ2n) is 8.21. The summed E-state index contributed by atoms with van der Waals surface area (Å²) >= 11 is 0. The summed E-state index contributed by atoms with van der Waals surface area (Å²) in [5.41, 5.74) is 0.691. The van der Waals surface area contributed by atoms with Crippen molar-refractivity contribution in [3.8, 4) is 5.75 Å². The number of rotatable bonds is 7. The van der Waals surface area contributed by atoms with Crippen LogP contribution in [0.3, 0.4) is 0 Å². The summed E-state index contributed by atoms with van der Waals surface area (Å²) in [6.45, 7) is -0.915. The fourth-order valence-electron chi connectivity index (χ4n) is 4.24. The first-order chi connectivity index (χ1) is 16.2. The Balaban J connectivity index is 1.49. The van der Waals surface area contributed by atoms with Crippen LogP contribution in [0.4, 0.5) is 8.78 Å². The van der Waals surface area contributed by atoms with Crippen molar-refractivity contribution in [2.45, 2.75) is 37.3 Å². The van der Waals surface area contributed by atoms with E-state index in [0.717, 1.165) is 4.57 Å². The number of methoxy groups -OCH3 is 1. The van der Waals surface area contributed by atoms with Gasteiger partial charge in [-0.2, -0.15) is 13.1 Å². The molecule has 1 saturated heterocycles. The van der Waals surface area contributed by atoms with Gasteiger partial charge in [0.25, 0.3) is 0 Å². The van der Waals surface area contributed by atoms with E-state index in [1.165, 1.54) is 23.5 Å². The van der Waals surface area contributed by atoms with Gasteiger partial charge in [-0.15, -0.1) is 0 Å². The van der Waals surface area contributed by atoms with E-state index in [4.69, 9.17) is 4.74 Å². The molecule has 0 aliphatic carbocycles. The third kappa shape index (κ3) is 4.62. The first-order valence-corrected chi connectivity index (χ1v) is 12.4. The van der Waals surface area contributed by atoms with Crippen LogP contribution in [-0.4, -0.2) is 48.4 Å². The molecule has 1 fully saturated rings. The van der Waals surface area contributed by atoms with Crippen LogP contribution in [0.25, 0.3) is 11.0 Å². The van der Waals surface area contributed by atoms with E-state index in [2.05, 4.69) is 10.3 Å². The van der Waals surface area contributed by atoms with Crippen molar-refractivity contribution < 1.29 is 26.7 Å². The summed E-state index contributed by atoms with van der Waals surface area (Å²) in [5.74, 6) is -0.412. The van der Waals surface area contributed by atoms with Gasteiger partial charge in [0.15, 0.2) is 0 Å². The lowest BCUT2D eigenvalue weighted by atomic mass is 9.98. The van der Waals surface area contributed by atoms with Crippen LogP contribution < -0.4 is 10.1 Å². The number of amides is 1. The van der Waals surface area contributed by atoms with Gasteiger partial charge in [0, 0.05) is 13.1 Å². The van der Waals surface area contributed by atoms with E-state index in [1.54, 1.807) is 43.3 Å². The monoisotopic (exact) mass is 492 g/mol. The number of hydrogen-bond acceptors (Lipinski definition) is 5. The number of nitrogens with zero attached hydrogens (tertiary/aromatic N) is 3. The van der Waals surface area contributed by atoms with Gasteiger partial charge in [-0.05, 0) is 56.2 Å². The molecule has 182 valence electrons. The van der Waals surface area contributed by atoms with Crippen molar-refractivity contribution in [2.75, 3.05) is 20.2 Å². The molecule has 11 heteroatoms. The molecule has 2 aromatic carbocycles. The lowest BCUT2D eigenvalue weighted by Gasteiger charge is -2.31. The lowest BCUT2D eigenvalue weighted by Crippen LogP contribution is -2.46. The molecule has 2 heterocycles. The Hall–Kier alpha value is -3.05. The van der Waals surface area contributed by atoms with Gasteiger partial charge in [0.1, 0.15) is 11.6 Å². The van der Waals surface area contributed by atoms with Crippen molar-refractivity contribution >= 4 is 27.0 Å². The fourth-order valence-corrected chi connectivity index (χ4v) is 5.76. The molecule has 1 aromatic heterocycles. The number of piperidine rings is 1. The number of carbonyl (C=O) groups excluding carboxylic acids is 1. The number of benzene rings is 2. The normalized spacial score (nSPS) is 18.2. The summed E-state index contributed by atoms with van der Waals surface area (Å²) in [4.78, 5) is 17.4. The van der Waals surface area contributed by atoms with Crippen LogP contribution in [0.5, 0.6) is 5.75 Å². The van der Waals surface area contributed by atoms with Crippen LogP contribution >= 0.6 is 0 Å². The molecule has 0 spiro atoms. The molecule has 0 saturated carbocycles. The standard InChI is InChI=1S/C23H26F2N4O4S/c1-15(21-27-19-7-3-4-8-20(19)29(21)23(24)25)26-22(30)16-6-5-13-28(14-16)34(31,32)18-11-9-17(33-2)10-12-18/h3-4,7-12,15-16,23H,5-6,13-14H2,1-2H3,(H,26,30). The average molecular weight is 493 g/mol. The number of aromatic nitrogens is 2. The maximum absolute atomic E-state index is 13.8. The van der Waals surface area contributed by atoms with Gasteiger partial charge >= 0.3 is 6.55 Å². The summed E-state index contributed by atoms with van der Waals surface area (Å²) in [5, 5.41) is 2.76. The van der Waals surface area contributed by atoms with E-state index in [1.807, 2.05) is 0 Å². The quantitative estimate of drug-likeness (QED) is 0.543. The summed E-state index contributed by atoms with van der Waals surface area (Å²) in [6.07, 6.45) is 1.01. The molecule has 4 rings (SSSR count). The number of ether oxygens (including phenoxy) is 1. The second kappa shape index (κ2) is 9.67. The minimum atomic E-state index is -3.79. The fraction of sp³-hybridized carbons (Fsp3) is 0.391. The number of para-hydroxylation sites is 2. The van der Waals surface area contributed by atoms with Crippen LogP contribution in [0.15, 0.2) is 53.4 Å². The van der Waals surface area contributed by atoms with E-state index in [9.17, 15) is 22.0 Å². The van der Waals surface area contributed by atoms with Crippen LogP contribution in [-0.2, 0) is 14.8 Å². The van der Waals surface area contributed by atoms with Crippen molar-refractivity contribution in [3.63, 3.8) is 0 Å². The van der Waals surface area contributed by atoms with Crippen molar-refractivity contribution in [2.24, 2.45) is 5.92 Å². The highest BCUT2D eigenvalue weighted by Gasteiger charge is 2.34. The van der Waals surface area contributed by atoms with E-state index in [-0.39, 0.29) is 22.8 Å². The zero-order valence-electron chi connectivity index (χ0n) is 18.8. The number of fused-ring (bicyclic) bond motifs is 1. The molecular weight excluding hydrogens is 466 g/mol. The molecule has 0 bridgehead atoms. The van der Waals surface area contributed by atoms with Crippen LogP contribution in [0.2, 0.25) is 0 Å². The number of nitrogens with one attached hydrogen (secondary N) is 1. The third-order valence-electron chi connectivity index (χ3n) is 6.02. The van der Waals surface area contributed by atoms with Crippen LogP contribution in [0, 0.1) is 5.92 Å². The highest BCUT2D eigenvalue weighted by atomic mass is 32.2. The largest absolute Gasteiger partial charge is 0.497 e. The molecule has 3 aromatic rings. The van der Waals surface area contributed by atoms with Gasteiger partial charge in [-0.3, -0.25) is 9.36 Å². The summed E-state index contributed by atoms with van der Waals surface area (Å²) < 4.78 is 60.9. The topological polar surface area (TPSA) is 93.5 Å². The van der Waals surface area contributed by atoms with Crippen molar-refractivity contribution in [3.05, 3.63) is 54.4 Å². The number of sulfonamides is 1. The van der Waals surface area contributed by atoms with E-state index in [0.29, 0.717) is 30.7 Å². The predicted molar refractivity (Wildman–Crippen MR) is 122 cm³/mol. The zero-order valence-corrected chi connectivity index (χ0v) is 19.6. The Morgan fingerprint density at radius 1 is 1.18 bits per heavy atom. The smallest absolute Gasteiger partial charge is 0.320 e. The molecule has 0 radical (unpaired) electrons. The Kier molecular flexibility index (Phi) is 6.85. The first kappa shape index (κ1) is 24.1. The molecule has 1 N–H and O–H groups in total. The van der Waals surface area contributed by atoms with Gasteiger partial charge in [0.2, 0.25) is 15.9 Å². The molecule has 8 nitrogen and oxygen atoms in total. The van der Waals surface area contributed by atoms with Crippen molar-refractivity contribution in [1.29, 1.82) is 0 Å². The van der Waals surface area contributed by atoms with E-state index >= 15 is 0 Å². The molecule has 2 atom stereocenters. The van der Waals surface area contributed by atoms with Crippen molar-refractivity contribution in [1.82, 2.24) is 19.2 Å². The molecule has 34 heavy (non-hydrogen) atoms. The van der Waals surface area contributed by atoms with E-state index < -0.39 is 34.4 Å². The Bertz CT molecular complexity index is 1280. The number of imidazole rings is 1. The predicted octanol–water partition coefficient (Wildman–Crippen LogP) is 3.72. The number of halogens is 2. The SMILES string of the molecule is COc1ccc(S(=O)(=O)N2CCCC(C(=O)NC(C)c3nc4ccccc4n3C(F)F)C2)cc1. The maximum Gasteiger partial charge on any atom is 0.320 e. The maximum atomic E-state index is 13.8. The second-order valence-corrected chi connectivity index (χ2v) is 10.2. The summed E-state index contributed by atoms with van der Waals surface area (Å²) in [6, 6.07) is 11.8. The summed E-state index contributed by atoms with van der Waals surface area (Å²) in [7, 11) is -2.29. The molecule has 2 unspecified atom stereocenters. The molecular formula is C23H26F2N4O4S. The Labute approximate surface area is 196 Å². The van der Waals surface area contributed by atoms with Gasteiger partial charge < -0.3 is 10.1 Å². The van der Waals surface area contributed by atoms with Gasteiger partial charge in [0.05, 0.1) is 35.0 Å². The van der Waals surface area contributed by atoms with Gasteiger partial charge in [-0.25, -0.2) is 13.4 Å². The number of alkyl halides is 2. The third-order valence-corrected chi connectivity index (χ3v) is 7.90. The number of hydrogen-bond donors (Lipinski definition) is 1. The minimum Gasteiger partial charge on any atom is -0.497 e. The highest BCUT2D eigenvalue weighted by Crippen LogP contribution is 2.28. The average Bonchev–Trinajstić information content (AvgIpc) is 3.24. The lowest BCUT2D eigenvalue weighted by molar-refractivity contribution is -0.126. The molecule has 1 aliphatic heterocycles. The highest BCUT2D eigenvalue weighted by molar-refractivity contribution is 7.89. The van der Waals surface area contributed by atoms with Crippen LogP contribution in [0.1, 0.15) is 38.2 Å².